The fraction of sp³-hybridized carbons (Fsp3) is 0.571. The molecule has 0 amide bonds. The van der Waals surface area contributed by atoms with Crippen LogP contribution >= 0.6 is 0 Å². The van der Waals surface area contributed by atoms with Crippen molar-refractivity contribution in [2.45, 2.75) is 32.4 Å². The van der Waals surface area contributed by atoms with Crippen LogP contribution in [0.15, 0.2) is 30.3 Å². The quantitative estimate of drug-likeness (QED) is 0.820. The number of rotatable bonds is 5. The number of benzene rings is 1. The summed E-state index contributed by atoms with van der Waals surface area (Å²) in [6.45, 7) is 7.60. The normalized spacial score (nSPS) is 15.4. The Bertz CT molecular complexity index is 306. The van der Waals surface area contributed by atoms with Gasteiger partial charge in [-0.15, -0.1) is 0 Å². The van der Waals surface area contributed by atoms with Crippen LogP contribution in [-0.4, -0.2) is 31.6 Å². The Morgan fingerprint density at radius 1 is 1.19 bits per heavy atom. The molecule has 0 aliphatic rings. The van der Waals surface area contributed by atoms with Gasteiger partial charge < -0.3 is 5.32 Å². The molecule has 0 heterocycles. The monoisotopic (exact) mass is 220 g/mol. The summed E-state index contributed by atoms with van der Waals surface area (Å²) in [5, 5.41) is 3.52. The smallest absolute Gasteiger partial charge is 0.0552 e. The maximum absolute atomic E-state index is 3.52. The molecule has 0 saturated carbocycles. The molecule has 1 N–H and O–H groups in total. The maximum atomic E-state index is 3.52. The molecular weight excluding hydrogens is 196 g/mol. The van der Waals surface area contributed by atoms with Gasteiger partial charge in [-0.05, 0) is 26.6 Å². The van der Waals surface area contributed by atoms with E-state index in [1.54, 1.807) is 0 Å². The average Bonchev–Trinajstić information content (AvgIpc) is 2.26. The van der Waals surface area contributed by atoms with Crippen LogP contribution in [0.25, 0.3) is 0 Å². The zero-order valence-corrected chi connectivity index (χ0v) is 11.1. The third-order valence-electron chi connectivity index (χ3n) is 3.24. The summed E-state index contributed by atoms with van der Waals surface area (Å²) in [6.07, 6.45) is 0. The molecule has 2 heteroatoms. The third-order valence-corrected chi connectivity index (χ3v) is 3.24. The Balaban J connectivity index is 2.89. The molecule has 1 aromatic carbocycles. The highest BCUT2D eigenvalue weighted by Crippen LogP contribution is 2.25. The molecule has 0 bridgehead atoms. The van der Waals surface area contributed by atoms with E-state index in [0.717, 1.165) is 6.54 Å². The van der Waals surface area contributed by atoms with Crippen LogP contribution in [-0.2, 0) is 5.54 Å². The lowest BCUT2D eigenvalue weighted by Crippen LogP contribution is -2.48. The lowest BCUT2D eigenvalue weighted by molar-refractivity contribution is 0.165. The number of hydrogen-bond donors (Lipinski definition) is 1. The second kappa shape index (κ2) is 5.46. The molecule has 16 heavy (non-hydrogen) atoms. The van der Waals surface area contributed by atoms with E-state index in [-0.39, 0.29) is 5.54 Å². The van der Waals surface area contributed by atoms with Crippen LogP contribution in [0.1, 0.15) is 26.3 Å². The Hall–Kier alpha value is -0.860. The van der Waals surface area contributed by atoms with Crippen molar-refractivity contribution < 1.29 is 0 Å². The average molecular weight is 220 g/mol. The SMILES string of the molecule is CC(C)NCC(C)(c1ccccc1)N(C)C. The van der Waals surface area contributed by atoms with Crippen molar-refractivity contribution in [1.29, 1.82) is 0 Å². The van der Waals surface area contributed by atoms with E-state index < -0.39 is 0 Å². The van der Waals surface area contributed by atoms with Crippen molar-refractivity contribution in [2.24, 2.45) is 0 Å². The second-order valence-electron chi connectivity index (χ2n) is 5.07. The molecule has 2 nitrogen and oxygen atoms in total. The minimum atomic E-state index is 0.0472. The van der Waals surface area contributed by atoms with E-state index in [0.29, 0.717) is 6.04 Å². The minimum absolute atomic E-state index is 0.0472. The highest BCUT2D eigenvalue weighted by molar-refractivity contribution is 5.24. The predicted octanol–water partition coefficient (Wildman–Crippen LogP) is 2.46. The molecule has 0 saturated heterocycles. The van der Waals surface area contributed by atoms with Gasteiger partial charge in [0.15, 0.2) is 0 Å². The Morgan fingerprint density at radius 3 is 2.19 bits per heavy atom. The molecule has 90 valence electrons. The van der Waals surface area contributed by atoms with Gasteiger partial charge in [0.1, 0.15) is 0 Å². The van der Waals surface area contributed by atoms with Crippen molar-refractivity contribution in [1.82, 2.24) is 10.2 Å². The first-order chi connectivity index (χ1) is 7.47. The lowest BCUT2D eigenvalue weighted by Gasteiger charge is -2.38. The van der Waals surface area contributed by atoms with Gasteiger partial charge in [-0.25, -0.2) is 0 Å². The van der Waals surface area contributed by atoms with E-state index in [1.807, 2.05) is 0 Å². The Morgan fingerprint density at radius 2 is 1.75 bits per heavy atom. The highest BCUT2D eigenvalue weighted by atomic mass is 15.2. The lowest BCUT2D eigenvalue weighted by atomic mass is 9.90. The van der Waals surface area contributed by atoms with E-state index in [2.05, 4.69) is 75.4 Å². The third kappa shape index (κ3) is 3.06. The largest absolute Gasteiger partial charge is 0.312 e. The van der Waals surface area contributed by atoms with Crippen LogP contribution in [0.4, 0.5) is 0 Å². The number of likely N-dealkylation sites (N-methyl/N-ethyl adjacent to an activating group) is 1. The molecule has 0 fully saturated rings. The van der Waals surface area contributed by atoms with Crippen molar-refractivity contribution in [3.05, 3.63) is 35.9 Å². The topological polar surface area (TPSA) is 15.3 Å². The van der Waals surface area contributed by atoms with Gasteiger partial charge in [0.2, 0.25) is 0 Å². The zero-order valence-electron chi connectivity index (χ0n) is 11.1. The number of nitrogens with zero attached hydrogens (tertiary/aromatic N) is 1. The molecule has 1 unspecified atom stereocenters. The van der Waals surface area contributed by atoms with Gasteiger partial charge in [-0.1, -0.05) is 44.2 Å². The maximum Gasteiger partial charge on any atom is 0.0552 e. The summed E-state index contributed by atoms with van der Waals surface area (Å²) in [5.41, 5.74) is 1.40. The number of hydrogen-bond acceptors (Lipinski definition) is 2. The fourth-order valence-electron chi connectivity index (χ4n) is 1.72. The molecular formula is C14H24N2. The predicted molar refractivity (Wildman–Crippen MR) is 70.6 cm³/mol. The Labute approximate surface area is 99.7 Å². The highest BCUT2D eigenvalue weighted by Gasteiger charge is 2.28. The molecule has 0 aliphatic heterocycles. The first-order valence-electron chi connectivity index (χ1n) is 5.93. The van der Waals surface area contributed by atoms with E-state index in [4.69, 9.17) is 0 Å². The molecule has 1 rings (SSSR count). The molecule has 0 aliphatic carbocycles. The summed E-state index contributed by atoms with van der Waals surface area (Å²) >= 11 is 0. The first-order valence-corrected chi connectivity index (χ1v) is 5.93. The summed E-state index contributed by atoms with van der Waals surface area (Å²) in [7, 11) is 4.27. The fourth-order valence-corrected chi connectivity index (χ4v) is 1.72. The molecule has 0 aromatic heterocycles. The van der Waals surface area contributed by atoms with Crippen molar-refractivity contribution in [2.75, 3.05) is 20.6 Å². The van der Waals surface area contributed by atoms with Crippen LogP contribution in [0.3, 0.4) is 0 Å². The van der Waals surface area contributed by atoms with Gasteiger partial charge in [0.25, 0.3) is 0 Å². The molecule has 0 radical (unpaired) electrons. The van der Waals surface area contributed by atoms with Gasteiger partial charge in [-0.3, -0.25) is 4.90 Å². The van der Waals surface area contributed by atoms with Gasteiger partial charge in [-0.2, -0.15) is 0 Å². The Kier molecular flexibility index (Phi) is 4.51. The van der Waals surface area contributed by atoms with Crippen LogP contribution in [0.5, 0.6) is 0 Å². The molecule has 1 atom stereocenters. The molecule has 0 spiro atoms. The summed E-state index contributed by atoms with van der Waals surface area (Å²) in [5.74, 6) is 0. The first kappa shape index (κ1) is 13.2. The van der Waals surface area contributed by atoms with E-state index >= 15 is 0 Å². The van der Waals surface area contributed by atoms with Crippen LogP contribution < -0.4 is 5.32 Å². The van der Waals surface area contributed by atoms with Crippen molar-refractivity contribution in [3.63, 3.8) is 0 Å². The minimum Gasteiger partial charge on any atom is -0.312 e. The van der Waals surface area contributed by atoms with E-state index in [9.17, 15) is 0 Å². The van der Waals surface area contributed by atoms with E-state index in [1.165, 1.54) is 5.56 Å². The molecule has 1 aromatic rings. The van der Waals surface area contributed by atoms with Gasteiger partial charge in [0.05, 0.1) is 5.54 Å². The standard InChI is InChI=1S/C14H24N2/c1-12(2)15-11-14(3,16(4)5)13-9-7-6-8-10-13/h6-10,12,15H,11H2,1-5H3. The zero-order chi connectivity index (χ0) is 12.2. The van der Waals surface area contributed by atoms with Crippen molar-refractivity contribution >= 4 is 0 Å². The van der Waals surface area contributed by atoms with Crippen LogP contribution in [0.2, 0.25) is 0 Å². The summed E-state index contributed by atoms with van der Waals surface area (Å²) in [6, 6.07) is 11.2. The van der Waals surface area contributed by atoms with Crippen molar-refractivity contribution in [3.8, 4) is 0 Å². The van der Waals surface area contributed by atoms with Gasteiger partial charge in [0, 0.05) is 12.6 Å². The summed E-state index contributed by atoms with van der Waals surface area (Å²) < 4.78 is 0. The summed E-state index contributed by atoms with van der Waals surface area (Å²) in [4.78, 5) is 2.28. The number of nitrogens with one attached hydrogen (secondary N) is 1. The van der Waals surface area contributed by atoms with Gasteiger partial charge >= 0.3 is 0 Å². The second-order valence-corrected chi connectivity index (χ2v) is 5.07. The van der Waals surface area contributed by atoms with Crippen LogP contribution in [0, 0.1) is 0 Å².